The molecule has 0 bridgehead atoms. The fourth-order valence-corrected chi connectivity index (χ4v) is 2.92. The molecule has 29 heavy (non-hydrogen) atoms. The van der Waals surface area contributed by atoms with Crippen LogP contribution in [0.1, 0.15) is 31.8 Å². The molecule has 3 rings (SSSR count). The number of carbonyl (C=O) groups is 2. The molecule has 6 nitrogen and oxygen atoms in total. The molecule has 148 valence electrons. The molecule has 1 aromatic carbocycles. The molecular formula is C23H24N4O2. The minimum atomic E-state index is -0.234. The number of nitrogens with zero attached hydrogens (tertiary/aromatic N) is 3. The fourth-order valence-electron chi connectivity index (χ4n) is 2.92. The molecule has 3 aromatic rings. The van der Waals surface area contributed by atoms with E-state index in [2.05, 4.69) is 15.3 Å². The van der Waals surface area contributed by atoms with Gasteiger partial charge in [-0.25, -0.2) is 0 Å². The number of rotatable bonds is 8. The Morgan fingerprint density at radius 3 is 2.34 bits per heavy atom. The third kappa shape index (κ3) is 5.97. The zero-order valence-electron chi connectivity index (χ0n) is 16.4. The van der Waals surface area contributed by atoms with E-state index in [9.17, 15) is 9.59 Å². The Bertz CT molecular complexity index is 945. The van der Waals surface area contributed by atoms with E-state index in [1.807, 2.05) is 42.5 Å². The average Bonchev–Trinajstić information content (AvgIpc) is 2.78. The van der Waals surface area contributed by atoms with Crippen LogP contribution in [0.5, 0.6) is 0 Å². The molecule has 2 amide bonds. The first-order valence-corrected chi connectivity index (χ1v) is 9.55. The van der Waals surface area contributed by atoms with Gasteiger partial charge >= 0.3 is 0 Å². The Balaban J connectivity index is 1.54. The van der Waals surface area contributed by atoms with Crippen molar-refractivity contribution in [3.05, 3.63) is 95.6 Å². The van der Waals surface area contributed by atoms with Crippen LogP contribution in [0.4, 0.5) is 0 Å². The maximum absolute atomic E-state index is 12.7. The SMILES string of the molecule is CN(CCc1ccncc1)C(=O)c1cncc(C(=O)NCCc2ccccc2)c1. The molecule has 2 aromatic heterocycles. The van der Waals surface area contributed by atoms with Gasteiger partial charge in [-0.15, -0.1) is 0 Å². The summed E-state index contributed by atoms with van der Waals surface area (Å²) < 4.78 is 0. The van der Waals surface area contributed by atoms with Crippen LogP contribution in [0.2, 0.25) is 0 Å². The molecule has 0 radical (unpaired) electrons. The number of benzene rings is 1. The van der Waals surface area contributed by atoms with Crippen molar-refractivity contribution < 1.29 is 9.59 Å². The Kier molecular flexibility index (Phi) is 7.05. The Labute approximate surface area is 170 Å². The lowest BCUT2D eigenvalue weighted by atomic mass is 10.1. The first-order valence-electron chi connectivity index (χ1n) is 9.55. The van der Waals surface area contributed by atoms with Crippen LogP contribution < -0.4 is 5.32 Å². The second-order valence-electron chi connectivity index (χ2n) is 6.79. The highest BCUT2D eigenvalue weighted by Crippen LogP contribution is 2.08. The van der Waals surface area contributed by atoms with Crippen LogP contribution in [0, 0.1) is 0 Å². The second kappa shape index (κ2) is 10.1. The van der Waals surface area contributed by atoms with Crippen molar-refractivity contribution in [2.45, 2.75) is 12.8 Å². The molecule has 0 unspecified atom stereocenters. The zero-order chi connectivity index (χ0) is 20.5. The van der Waals surface area contributed by atoms with E-state index < -0.39 is 0 Å². The van der Waals surface area contributed by atoms with Crippen molar-refractivity contribution in [1.82, 2.24) is 20.2 Å². The van der Waals surface area contributed by atoms with Crippen LogP contribution in [0.15, 0.2) is 73.3 Å². The van der Waals surface area contributed by atoms with Crippen molar-refractivity contribution in [3.8, 4) is 0 Å². The van der Waals surface area contributed by atoms with Crippen molar-refractivity contribution in [3.63, 3.8) is 0 Å². The summed E-state index contributed by atoms with van der Waals surface area (Å²) in [5, 5.41) is 2.88. The van der Waals surface area contributed by atoms with Crippen molar-refractivity contribution in [2.75, 3.05) is 20.1 Å². The normalized spacial score (nSPS) is 10.4. The lowest BCUT2D eigenvalue weighted by Gasteiger charge is -2.17. The Morgan fingerprint density at radius 1 is 0.897 bits per heavy atom. The monoisotopic (exact) mass is 388 g/mol. The first kappa shape index (κ1) is 20.2. The van der Waals surface area contributed by atoms with Gasteiger partial charge in [-0.3, -0.25) is 19.6 Å². The van der Waals surface area contributed by atoms with Crippen LogP contribution in [0.25, 0.3) is 0 Å². The van der Waals surface area contributed by atoms with Gasteiger partial charge in [-0.05, 0) is 42.2 Å². The van der Waals surface area contributed by atoms with E-state index in [1.165, 1.54) is 12.4 Å². The summed E-state index contributed by atoms with van der Waals surface area (Å²) in [6.07, 6.45) is 7.92. The van der Waals surface area contributed by atoms with Gasteiger partial charge in [0.1, 0.15) is 0 Å². The number of hydrogen-bond acceptors (Lipinski definition) is 4. The van der Waals surface area contributed by atoms with E-state index in [0.717, 1.165) is 24.0 Å². The van der Waals surface area contributed by atoms with E-state index in [4.69, 9.17) is 0 Å². The molecule has 0 saturated heterocycles. The molecule has 0 saturated carbocycles. The van der Waals surface area contributed by atoms with Crippen LogP contribution >= 0.6 is 0 Å². The van der Waals surface area contributed by atoms with Gasteiger partial charge in [0.05, 0.1) is 11.1 Å². The molecule has 1 N–H and O–H groups in total. The molecule has 0 atom stereocenters. The lowest BCUT2D eigenvalue weighted by molar-refractivity contribution is 0.0796. The standard InChI is InChI=1S/C23H24N4O2/c1-27(14-10-19-7-11-24-12-8-19)23(29)21-15-20(16-25-17-21)22(28)26-13-9-18-5-3-2-4-6-18/h2-8,11-12,15-17H,9-10,13-14H2,1H3,(H,26,28). The molecule has 0 aliphatic carbocycles. The number of likely N-dealkylation sites (N-methyl/N-ethyl adjacent to an activating group) is 1. The van der Waals surface area contributed by atoms with Gasteiger partial charge < -0.3 is 10.2 Å². The number of pyridine rings is 2. The predicted octanol–water partition coefficient (Wildman–Crippen LogP) is 2.76. The van der Waals surface area contributed by atoms with Gasteiger partial charge in [-0.1, -0.05) is 30.3 Å². The zero-order valence-corrected chi connectivity index (χ0v) is 16.4. The van der Waals surface area contributed by atoms with Crippen molar-refractivity contribution in [2.24, 2.45) is 0 Å². The maximum atomic E-state index is 12.7. The number of carbonyl (C=O) groups excluding carboxylic acids is 2. The second-order valence-corrected chi connectivity index (χ2v) is 6.79. The fraction of sp³-hybridized carbons (Fsp3) is 0.217. The van der Waals surface area contributed by atoms with Crippen LogP contribution in [0.3, 0.4) is 0 Å². The van der Waals surface area contributed by atoms with Crippen LogP contribution in [-0.2, 0) is 12.8 Å². The molecule has 2 heterocycles. The number of aromatic nitrogens is 2. The van der Waals surface area contributed by atoms with Gasteiger partial charge in [0.2, 0.25) is 0 Å². The minimum absolute atomic E-state index is 0.162. The first-order chi connectivity index (χ1) is 14.1. The minimum Gasteiger partial charge on any atom is -0.352 e. The third-order valence-electron chi connectivity index (χ3n) is 4.62. The van der Waals surface area contributed by atoms with E-state index in [0.29, 0.717) is 24.2 Å². The summed E-state index contributed by atoms with van der Waals surface area (Å²) in [7, 11) is 1.75. The molecular weight excluding hydrogens is 364 g/mol. The number of amides is 2. The van der Waals surface area contributed by atoms with Gasteiger partial charge in [0.25, 0.3) is 11.8 Å². The van der Waals surface area contributed by atoms with E-state index in [1.54, 1.807) is 30.4 Å². The summed E-state index contributed by atoms with van der Waals surface area (Å²) in [5.74, 6) is -0.395. The molecule has 0 spiro atoms. The smallest absolute Gasteiger partial charge is 0.255 e. The number of hydrogen-bond donors (Lipinski definition) is 1. The van der Waals surface area contributed by atoms with Crippen LogP contribution in [-0.4, -0.2) is 46.8 Å². The molecule has 0 aliphatic rings. The molecule has 0 fully saturated rings. The highest BCUT2D eigenvalue weighted by molar-refractivity contribution is 5.99. The van der Waals surface area contributed by atoms with E-state index >= 15 is 0 Å². The molecule has 0 aliphatic heterocycles. The predicted molar refractivity (Wildman–Crippen MR) is 112 cm³/mol. The largest absolute Gasteiger partial charge is 0.352 e. The number of nitrogens with one attached hydrogen (secondary N) is 1. The summed E-state index contributed by atoms with van der Waals surface area (Å²) in [4.78, 5) is 34.8. The average molecular weight is 388 g/mol. The highest BCUT2D eigenvalue weighted by atomic mass is 16.2. The van der Waals surface area contributed by atoms with Gasteiger partial charge in [0.15, 0.2) is 0 Å². The quantitative estimate of drug-likeness (QED) is 0.644. The summed E-state index contributed by atoms with van der Waals surface area (Å²) in [6.45, 7) is 1.09. The van der Waals surface area contributed by atoms with E-state index in [-0.39, 0.29) is 11.8 Å². The molecule has 6 heteroatoms. The van der Waals surface area contributed by atoms with Crippen molar-refractivity contribution >= 4 is 11.8 Å². The van der Waals surface area contributed by atoms with Gasteiger partial charge in [-0.2, -0.15) is 0 Å². The summed E-state index contributed by atoms with van der Waals surface area (Å²) in [6, 6.07) is 15.4. The Morgan fingerprint density at radius 2 is 1.59 bits per heavy atom. The maximum Gasteiger partial charge on any atom is 0.255 e. The summed E-state index contributed by atoms with van der Waals surface area (Å²) >= 11 is 0. The van der Waals surface area contributed by atoms with Crippen molar-refractivity contribution in [1.29, 1.82) is 0 Å². The van der Waals surface area contributed by atoms with Gasteiger partial charge in [0, 0.05) is 44.9 Å². The lowest BCUT2D eigenvalue weighted by Crippen LogP contribution is -2.30. The Hall–Kier alpha value is -3.54. The third-order valence-corrected chi connectivity index (χ3v) is 4.62. The topological polar surface area (TPSA) is 75.2 Å². The highest BCUT2D eigenvalue weighted by Gasteiger charge is 2.15. The summed E-state index contributed by atoms with van der Waals surface area (Å²) in [5.41, 5.74) is 3.05.